The Balaban J connectivity index is 1.19. The number of piperidine rings is 1. The van der Waals surface area contributed by atoms with Crippen LogP contribution in [0.4, 0.5) is 5.82 Å². The second-order valence-corrected chi connectivity index (χ2v) is 14.0. The highest BCUT2D eigenvalue weighted by atomic mass is 35.5. The number of nitrogens with two attached hydrogens (primary N) is 1. The lowest BCUT2D eigenvalue weighted by atomic mass is 9.82. The third-order valence-electron chi connectivity index (χ3n) is 9.20. The van der Waals surface area contributed by atoms with Crippen molar-refractivity contribution in [1.82, 2.24) is 28.6 Å². The molecule has 0 unspecified atom stereocenters. The quantitative estimate of drug-likeness (QED) is 0.304. The van der Waals surface area contributed by atoms with E-state index in [1.54, 1.807) is 24.3 Å². The standard InChI is InChI=1S/C29H34ClN7O3S/c30-29-32-27(31)26-23(24-10-13-37(34-24)41(39,40)21-4-2-1-3-5-21)17-36(28(26)33-29)20-14-22(25(38)15-20)19-8-11-35(12-9-19)16-18-6-7-18/h1-5,10,13,17-20,22,25,38H,6-9,11-12,14-16H2,(H2,31,32,33)/t20-,22-,25+/m1/s1. The Labute approximate surface area is 244 Å². The predicted octanol–water partition coefficient (Wildman–Crippen LogP) is 4.20. The van der Waals surface area contributed by atoms with Crippen LogP contribution in [0, 0.1) is 17.8 Å². The zero-order chi connectivity index (χ0) is 28.3. The number of nitrogens with zero attached hydrogens (tertiary/aromatic N) is 6. The first-order chi connectivity index (χ1) is 19.8. The normalized spacial score (nSPS) is 24.4. The zero-order valence-electron chi connectivity index (χ0n) is 22.7. The predicted molar refractivity (Wildman–Crippen MR) is 157 cm³/mol. The first kappa shape index (κ1) is 26.9. The van der Waals surface area contributed by atoms with E-state index in [-0.39, 0.29) is 28.0 Å². The van der Waals surface area contributed by atoms with Crippen molar-refractivity contribution in [2.45, 2.75) is 55.6 Å². The van der Waals surface area contributed by atoms with Crippen LogP contribution in [0.15, 0.2) is 53.7 Å². The van der Waals surface area contributed by atoms with Gasteiger partial charge in [0.25, 0.3) is 10.0 Å². The fourth-order valence-electron chi connectivity index (χ4n) is 6.89. The Morgan fingerprint density at radius 3 is 2.51 bits per heavy atom. The van der Waals surface area contributed by atoms with Crippen molar-refractivity contribution in [2.24, 2.45) is 17.8 Å². The second kappa shape index (κ2) is 10.4. The van der Waals surface area contributed by atoms with Crippen molar-refractivity contribution in [3.63, 3.8) is 0 Å². The van der Waals surface area contributed by atoms with Crippen LogP contribution in [0.3, 0.4) is 0 Å². The maximum atomic E-state index is 13.2. The SMILES string of the molecule is Nc1nc(Cl)nc2c1c(-c1ccn(S(=O)(=O)c3ccccc3)n1)cn2[C@@H]1C[C@H](C2CCN(CC3CC3)CC2)[C@@H](O)C1. The van der Waals surface area contributed by atoms with E-state index in [1.807, 2.05) is 10.8 Å². The number of hydrogen-bond donors (Lipinski definition) is 2. The molecule has 10 nitrogen and oxygen atoms in total. The number of nitrogen functional groups attached to an aromatic ring is 1. The van der Waals surface area contributed by atoms with E-state index < -0.39 is 16.1 Å². The van der Waals surface area contributed by atoms with Crippen LogP contribution in [-0.2, 0) is 10.0 Å². The summed E-state index contributed by atoms with van der Waals surface area (Å²) in [5, 5.41) is 16.3. The van der Waals surface area contributed by atoms with Crippen molar-refractivity contribution in [3.8, 4) is 11.3 Å². The minimum atomic E-state index is -3.86. The number of fused-ring (bicyclic) bond motifs is 1. The van der Waals surface area contributed by atoms with Crippen LogP contribution >= 0.6 is 11.6 Å². The Morgan fingerprint density at radius 1 is 1.02 bits per heavy atom. The van der Waals surface area contributed by atoms with E-state index in [0.29, 0.717) is 34.6 Å². The van der Waals surface area contributed by atoms with Crippen LogP contribution in [0.5, 0.6) is 0 Å². The molecule has 1 saturated heterocycles. The van der Waals surface area contributed by atoms with Gasteiger partial charge < -0.3 is 20.3 Å². The molecule has 1 aliphatic heterocycles. The number of halogens is 1. The van der Waals surface area contributed by atoms with Gasteiger partial charge in [0.1, 0.15) is 11.5 Å². The van der Waals surface area contributed by atoms with Crippen molar-refractivity contribution < 1.29 is 13.5 Å². The lowest BCUT2D eigenvalue weighted by Gasteiger charge is -2.36. The van der Waals surface area contributed by atoms with Crippen molar-refractivity contribution in [3.05, 3.63) is 54.1 Å². The third kappa shape index (κ3) is 5.03. The van der Waals surface area contributed by atoms with Gasteiger partial charge in [0.05, 0.1) is 22.1 Å². The molecule has 12 heteroatoms. The molecule has 3 aliphatic rings. The van der Waals surface area contributed by atoms with Gasteiger partial charge in [-0.1, -0.05) is 18.2 Å². The van der Waals surface area contributed by atoms with Crippen LogP contribution in [0.2, 0.25) is 5.28 Å². The van der Waals surface area contributed by atoms with E-state index >= 15 is 0 Å². The first-order valence-electron chi connectivity index (χ1n) is 14.4. The molecule has 7 rings (SSSR count). The van der Waals surface area contributed by atoms with Crippen molar-refractivity contribution in [2.75, 3.05) is 25.4 Å². The number of benzene rings is 1. The lowest BCUT2D eigenvalue weighted by Crippen LogP contribution is -2.38. The highest BCUT2D eigenvalue weighted by Crippen LogP contribution is 2.45. The van der Waals surface area contributed by atoms with E-state index in [4.69, 9.17) is 17.3 Å². The van der Waals surface area contributed by atoms with E-state index in [0.717, 1.165) is 42.4 Å². The molecule has 3 fully saturated rings. The van der Waals surface area contributed by atoms with Gasteiger partial charge in [-0.25, -0.2) is 4.98 Å². The molecule has 0 amide bonds. The summed E-state index contributed by atoms with van der Waals surface area (Å²) in [7, 11) is -3.86. The van der Waals surface area contributed by atoms with Gasteiger partial charge in [0.15, 0.2) is 0 Å². The molecule has 3 N–H and O–H groups in total. The molecular formula is C29H34ClN7O3S. The van der Waals surface area contributed by atoms with E-state index in [9.17, 15) is 13.5 Å². The monoisotopic (exact) mass is 595 g/mol. The first-order valence-corrected chi connectivity index (χ1v) is 16.2. The fraction of sp³-hybridized carbons (Fsp3) is 0.483. The summed E-state index contributed by atoms with van der Waals surface area (Å²) in [6.45, 7) is 3.45. The third-order valence-corrected chi connectivity index (χ3v) is 10.9. The zero-order valence-corrected chi connectivity index (χ0v) is 24.3. The maximum absolute atomic E-state index is 13.2. The van der Waals surface area contributed by atoms with Gasteiger partial charge in [-0.3, -0.25) is 0 Å². The minimum absolute atomic E-state index is 0.00347. The summed E-state index contributed by atoms with van der Waals surface area (Å²) >= 11 is 6.25. The molecular weight excluding hydrogens is 562 g/mol. The lowest BCUT2D eigenvalue weighted by molar-refractivity contribution is 0.0631. The van der Waals surface area contributed by atoms with Crippen molar-refractivity contribution >= 4 is 38.5 Å². The largest absolute Gasteiger partial charge is 0.393 e. The molecule has 41 heavy (non-hydrogen) atoms. The minimum Gasteiger partial charge on any atom is -0.393 e. The molecule has 0 bridgehead atoms. The smallest absolute Gasteiger partial charge is 0.282 e. The van der Waals surface area contributed by atoms with Crippen LogP contribution in [0.1, 0.15) is 44.6 Å². The molecule has 1 aromatic carbocycles. The second-order valence-electron chi connectivity index (χ2n) is 11.9. The van der Waals surface area contributed by atoms with Crippen LogP contribution in [0.25, 0.3) is 22.3 Å². The highest BCUT2D eigenvalue weighted by Gasteiger charge is 2.41. The fourth-order valence-corrected chi connectivity index (χ4v) is 8.19. The van der Waals surface area contributed by atoms with Crippen LogP contribution < -0.4 is 5.73 Å². The average molecular weight is 596 g/mol. The number of aliphatic hydroxyl groups is 1. The van der Waals surface area contributed by atoms with Gasteiger partial charge >= 0.3 is 0 Å². The van der Waals surface area contributed by atoms with E-state index in [2.05, 4.69) is 20.0 Å². The number of anilines is 1. The highest BCUT2D eigenvalue weighted by molar-refractivity contribution is 7.89. The summed E-state index contributed by atoms with van der Waals surface area (Å²) in [6, 6.07) is 9.83. The van der Waals surface area contributed by atoms with Gasteiger partial charge in [-0.15, -0.1) is 0 Å². The summed E-state index contributed by atoms with van der Waals surface area (Å²) in [5.41, 5.74) is 7.98. The number of aliphatic hydroxyl groups excluding tert-OH is 1. The number of hydrogen-bond acceptors (Lipinski definition) is 8. The molecule has 216 valence electrons. The summed E-state index contributed by atoms with van der Waals surface area (Å²) < 4.78 is 29.3. The molecule has 4 heterocycles. The number of likely N-dealkylation sites (tertiary alicyclic amines) is 1. The van der Waals surface area contributed by atoms with Crippen LogP contribution in [-0.4, -0.2) is 67.9 Å². The molecule has 3 atom stereocenters. The summed E-state index contributed by atoms with van der Waals surface area (Å²) in [6.07, 6.45) is 9.36. The molecule has 4 aromatic rings. The van der Waals surface area contributed by atoms with Gasteiger partial charge in [0, 0.05) is 30.5 Å². The molecule has 2 saturated carbocycles. The number of aromatic nitrogens is 5. The molecule has 2 aliphatic carbocycles. The molecule has 0 spiro atoms. The van der Waals surface area contributed by atoms with Gasteiger partial charge in [-0.05, 0) is 99.2 Å². The Hall–Kier alpha value is -2.99. The van der Waals surface area contributed by atoms with E-state index in [1.165, 1.54) is 37.7 Å². The number of rotatable bonds is 7. The molecule has 0 radical (unpaired) electrons. The Bertz CT molecular complexity index is 1680. The average Bonchev–Trinajstić information content (AvgIpc) is 3.32. The van der Waals surface area contributed by atoms with Crippen molar-refractivity contribution in [1.29, 1.82) is 0 Å². The van der Waals surface area contributed by atoms with Gasteiger partial charge in [0.2, 0.25) is 5.28 Å². The summed E-state index contributed by atoms with van der Waals surface area (Å²) in [5.74, 6) is 1.81. The Morgan fingerprint density at radius 2 is 1.78 bits per heavy atom. The topological polar surface area (TPSA) is 132 Å². The Kier molecular flexibility index (Phi) is 6.80. The molecule has 3 aromatic heterocycles. The van der Waals surface area contributed by atoms with Gasteiger partial charge in [-0.2, -0.15) is 22.6 Å². The maximum Gasteiger partial charge on any atom is 0.282 e. The summed E-state index contributed by atoms with van der Waals surface area (Å²) in [4.78, 5) is 11.5.